The lowest BCUT2D eigenvalue weighted by atomic mass is 9.41. The van der Waals surface area contributed by atoms with E-state index in [4.69, 9.17) is 23.7 Å². The lowest BCUT2D eigenvalue weighted by molar-refractivity contribution is -0.263. The number of carbonyl (C=O) groups excluding carboxylic acids is 3. The molecule has 3 aliphatic heterocycles. The molecule has 0 aromatic heterocycles. The summed E-state index contributed by atoms with van der Waals surface area (Å²) in [7, 11) is 0. The van der Waals surface area contributed by atoms with Crippen LogP contribution < -0.4 is 0 Å². The van der Waals surface area contributed by atoms with Gasteiger partial charge in [0.2, 0.25) is 0 Å². The number of aliphatic hydroxyl groups is 3. The Labute approximate surface area is 250 Å². The Kier molecular flexibility index (Phi) is 5.55. The van der Waals surface area contributed by atoms with Gasteiger partial charge in [0.25, 0.3) is 0 Å². The van der Waals surface area contributed by atoms with Gasteiger partial charge in [0.15, 0.2) is 5.60 Å². The van der Waals surface area contributed by atoms with Crippen molar-refractivity contribution in [1.82, 2.24) is 0 Å². The second-order valence-corrected chi connectivity index (χ2v) is 15.9. The molecule has 8 aliphatic rings. The van der Waals surface area contributed by atoms with E-state index in [1.165, 1.54) is 20.8 Å². The second kappa shape index (κ2) is 8.32. The van der Waals surface area contributed by atoms with Crippen LogP contribution in [0.2, 0.25) is 0 Å². The molecule has 3 N–H and O–H groups in total. The third-order valence-electron chi connectivity index (χ3n) is 14.6. The van der Waals surface area contributed by atoms with Gasteiger partial charge in [-0.2, -0.15) is 0 Å². The third kappa shape index (κ3) is 3.16. The Hall–Kier alpha value is -1.79. The van der Waals surface area contributed by atoms with E-state index in [9.17, 15) is 29.7 Å². The van der Waals surface area contributed by atoms with E-state index in [0.29, 0.717) is 25.7 Å². The summed E-state index contributed by atoms with van der Waals surface area (Å²) in [6.07, 6.45) is -1.19. The van der Waals surface area contributed by atoms with E-state index >= 15 is 0 Å². The van der Waals surface area contributed by atoms with Crippen LogP contribution in [0.4, 0.5) is 0 Å². The molecule has 11 heteroatoms. The van der Waals surface area contributed by atoms with Gasteiger partial charge >= 0.3 is 17.9 Å². The normalized spacial score (nSPS) is 61.8. The summed E-state index contributed by atoms with van der Waals surface area (Å²) in [5, 5.41) is 35.0. The fourth-order valence-corrected chi connectivity index (χ4v) is 12.4. The predicted molar refractivity (Wildman–Crippen MR) is 145 cm³/mol. The van der Waals surface area contributed by atoms with Gasteiger partial charge in [-0.05, 0) is 55.8 Å². The van der Waals surface area contributed by atoms with Gasteiger partial charge in [-0.3, -0.25) is 9.59 Å². The molecule has 5 aliphatic carbocycles. The quantitative estimate of drug-likeness (QED) is 0.240. The van der Waals surface area contributed by atoms with Crippen molar-refractivity contribution in [3.63, 3.8) is 0 Å². The first-order chi connectivity index (χ1) is 20.1. The van der Waals surface area contributed by atoms with E-state index in [1.807, 2.05) is 13.8 Å². The molecule has 2 bridgehead atoms. The van der Waals surface area contributed by atoms with Crippen molar-refractivity contribution in [3.8, 4) is 0 Å². The van der Waals surface area contributed by atoms with Crippen molar-refractivity contribution < 1.29 is 53.4 Å². The van der Waals surface area contributed by atoms with Crippen LogP contribution in [0.15, 0.2) is 0 Å². The molecule has 0 aromatic carbocycles. The first-order valence-electron chi connectivity index (χ1n) is 16.0. The van der Waals surface area contributed by atoms with Crippen LogP contribution >= 0.6 is 0 Å². The zero-order chi connectivity index (χ0) is 30.8. The van der Waals surface area contributed by atoms with Crippen molar-refractivity contribution >= 4 is 17.9 Å². The maximum absolute atomic E-state index is 13.1. The molecule has 0 radical (unpaired) electrons. The summed E-state index contributed by atoms with van der Waals surface area (Å²) >= 11 is 0. The van der Waals surface area contributed by atoms with Crippen LogP contribution in [0.5, 0.6) is 0 Å². The standard InChI is InChI=1S/C32H44O11/c1-12(34)39-20-8-16-21(24-26(43-24)32(38)10-19-23(41-19)25(30(16,32)5)40-13(2)35)15-7-17-22(29(15,20)4)14(11-33)18-9-28(17,3)31(6,37)27(36)42-18/h14-26,33,37-38H,7-11H2,1-6H3/t14-,15+,16+,17-,18+,19+,20+,21-,22-,23+,24+,25+,26+,28-,29-,30+,31+,32+/m1/s1. The van der Waals surface area contributed by atoms with E-state index in [2.05, 4.69) is 6.92 Å². The monoisotopic (exact) mass is 604 g/mol. The summed E-state index contributed by atoms with van der Waals surface area (Å²) in [4.78, 5) is 38.3. The fraction of sp³-hybridized carbons (Fsp3) is 0.906. The SMILES string of the molecule is CC(=O)O[C@H]1C[C@H]2[C@H]([C@@H]3O[C@@H]3[C@@]3(O)C[C@@H]4O[C@@H]4[C@H](OC(C)=O)[C@]23C)[C@@H]2C[C@@H]3[C@@H]([C@H](CO)[C@@H]4C[C@@]3(C)[C@@](C)(O)C(=O)O4)[C@@]12C. The van der Waals surface area contributed by atoms with Crippen molar-refractivity contribution in [2.24, 2.45) is 51.8 Å². The largest absolute Gasteiger partial charge is 0.462 e. The minimum absolute atomic E-state index is 0.0737. The molecule has 238 valence electrons. The lowest BCUT2D eigenvalue weighted by Gasteiger charge is -2.64. The van der Waals surface area contributed by atoms with Crippen molar-refractivity contribution in [2.45, 2.75) is 121 Å². The van der Waals surface area contributed by atoms with Crippen LogP contribution in [0, 0.1) is 51.8 Å². The smallest absolute Gasteiger partial charge is 0.338 e. The van der Waals surface area contributed by atoms with E-state index in [-0.39, 0.29) is 60.4 Å². The zero-order valence-electron chi connectivity index (χ0n) is 25.6. The zero-order valence-corrected chi connectivity index (χ0v) is 25.6. The summed E-state index contributed by atoms with van der Waals surface area (Å²) in [6, 6.07) is 0. The highest BCUT2D eigenvalue weighted by Gasteiger charge is 2.85. The van der Waals surface area contributed by atoms with Gasteiger partial charge in [0, 0.05) is 49.0 Å². The lowest BCUT2D eigenvalue weighted by Crippen LogP contribution is -2.73. The van der Waals surface area contributed by atoms with Crippen LogP contribution in [0.3, 0.4) is 0 Å². The Morgan fingerprint density at radius 3 is 2.26 bits per heavy atom. The van der Waals surface area contributed by atoms with Gasteiger partial charge in [-0.25, -0.2) is 4.79 Å². The van der Waals surface area contributed by atoms with Gasteiger partial charge in [-0.15, -0.1) is 0 Å². The highest BCUT2D eigenvalue weighted by Crippen LogP contribution is 2.78. The number of esters is 3. The molecule has 0 unspecified atom stereocenters. The Balaban J connectivity index is 1.29. The highest BCUT2D eigenvalue weighted by atomic mass is 16.6. The molecule has 8 fully saturated rings. The molecule has 3 heterocycles. The molecule has 5 saturated carbocycles. The number of hydrogen-bond acceptors (Lipinski definition) is 11. The van der Waals surface area contributed by atoms with Crippen molar-refractivity contribution in [2.75, 3.05) is 6.61 Å². The number of rotatable bonds is 3. The molecular weight excluding hydrogens is 560 g/mol. The number of carbonyl (C=O) groups is 3. The summed E-state index contributed by atoms with van der Waals surface area (Å²) in [6.45, 7) is 10.2. The van der Waals surface area contributed by atoms with Crippen LogP contribution in [-0.2, 0) is 38.1 Å². The second-order valence-electron chi connectivity index (χ2n) is 15.9. The van der Waals surface area contributed by atoms with Gasteiger partial charge in [0.05, 0.1) is 12.2 Å². The molecule has 43 heavy (non-hydrogen) atoms. The number of hydrogen-bond donors (Lipinski definition) is 3. The molecule has 0 aromatic rings. The molecule has 0 amide bonds. The molecular formula is C32H44O11. The van der Waals surface area contributed by atoms with Crippen molar-refractivity contribution in [3.05, 3.63) is 0 Å². The molecule has 3 saturated heterocycles. The van der Waals surface area contributed by atoms with Crippen LogP contribution in [0.25, 0.3) is 0 Å². The third-order valence-corrected chi connectivity index (χ3v) is 14.6. The summed E-state index contributed by atoms with van der Waals surface area (Å²) in [5.41, 5.74) is -5.43. The number of aliphatic hydroxyl groups excluding tert-OH is 1. The first-order valence-corrected chi connectivity index (χ1v) is 16.0. The van der Waals surface area contributed by atoms with E-state index in [0.717, 1.165) is 0 Å². The molecule has 8 rings (SSSR count). The van der Waals surface area contributed by atoms with E-state index < -0.39 is 69.8 Å². The maximum atomic E-state index is 13.1. The maximum Gasteiger partial charge on any atom is 0.338 e. The minimum Gasteiger partial charge on any atom is -0.462 e. The molecule has 0 spiro atoms. The Morgan fingerprint density at radius 1 is 0.907 bits per heavy atom. The summed E-state index contributed by atoms with van der Waals surface area (Å²) < 4.78 is 30.4. The first kappa shape index (κ1) is 28.7. The predicted octanol–water partition coefficient (Wildman–Crippen LogP) is 1.13. The highest BCUT2D eigenvalue weighted by molar-refractivity contribution is 5.81. The minimum atomic E-state index is -1.73. The average Bonchev–Trinajstić information content (AvgIpc) is 3.82. The number of ether oxygens (including phenoxy) is 5. The average molecular weight is 605 g/mol. The summed E-state index contributed by atoms with van der Waals surface area (Å²) in [5.74, 6) is -2.71. The van der Waals surface area contributed by atoms with E-state index in [1.54, 1.807) is 0 Å². The van der Waals surface area contributed by atoms with Crippen molar-refractivity contribution in [1.29, 1.82) is 0 Å². The van der Waals surface area contributed by atoms with Gasteiger partial charge in [0.1, 0.15) is 36.1 Å². The molecule has 18 atom stereocenters. The topological polar surface area (TPSA) is 165 Å². The number of epoxide rings is 2. The number of fused-ring (bicyclic) bond motifs is 14. The fourth-order valence-electron chi connectivity index (χ4n) is 12.4. The van der Waals surface area contributed by atoms with Gasteiger partial charge in [-0.1, -0.05) is 20.8 Å². The Morgan fingerprint density at radius 2 is 1.60 bits per heavy atom. The Bertz CT molecular complexity index is 1300. The van der Waals surface area contributed by atoms with Crippen LogP contribution in [-0.4, -0.2) is 93.8 Å². The molecule has 11 nitrogen and oxygen atoms in total. The van der Waals surface area contributed by atoms with Gasteiger partial charge < -0.3 is 39.0 Å². The van der Waals surface area contributed by atoms with Crippen LogP contribution in [0.1, 0.15) is 67.2 Å².